The third-order valence-corrected chi connectivity index (χ3v) is 4.86. The molecule has 0 unspecified atom stereocenters. The van der Waals surface area contributed by atoms with Crippen LogP contribution in [0.3, 0.4) is 0 Å². The zero-order valence-corrected chi connectivity index (χ0v) is 12.0. The number of aliphatic hydroxyl groups is 1. The molecule has 0 spiro atoms. The van der Waals surface area contributed by atoms with E-state index in [1.165, 1.54) is 24.9 Å². The van der Waals surface area contributed by atoms with Crippen molar-refractivity contribution in [2.75, 3.05) is 18.0 Å². The number of halogens is 1. The fourth-order valence-electron chi connectivity index (χ4n) is 2.84. The van der Waals surface area contributed by atoms with Crippen LogP contribution in [0, 0.1) is 5.41 Å². The Morgan fingerprint density at radius 1 is 1.33 bits per heavy atom. The molecule has 0 saturated carbocycles. The van der Waals surface area contributed by atoms with E-state index in [-0.39, 0.29) is 6.61 Å². The second-order valence-corrected chi connectivity index (χ2v) is 5.72. The van der Waals surface area contributed by atoms with E-state index in [1.54, 1.807) is 0 Å². The molecule has 0 radical (unpaired) electrons. The first kappa shape index (κ1) is 13.7. The van der Waals surface area contributed by atoms with Crippen molar-refractivity contribution in [2.45, 2.75) is 39.7 Å². The van der Waals surface area contributed by atoms with Gasteiger partial charge in [0.25, 0.3) is 0 Å². The molecule has 1 aromatic rings. The summed E-state index contributed by atoms with van der Waals surface area (Å²) >= 11 is 6.16. The zero-order valence-electron chi connectivity index (χ0n) is 11.2. The standard InChI is InChI=1S/C15H22ClNO/c1-3-15(4-2)7-8-17(11-15)13-6-5-12(10-18)14(16)9-13/h5-6,9,18H,3-4,7-8,10-11H2,1-2H3. The van der Waals surface area contributed by atoms with E-state index in [0.29, 0.717) is 10.4 Å². The van der Waals surface area contributed by atoms with Gasteiger partial charge in [0.05, 0.1) is 6.61 Å². The molecule has 0 aliphatic carbocycles. The van der Waals surface area contributed by atoms with Crippen LogP contribution >= 0.6 is 11.6 Å². The van der Waals surface area contributed by atoms with Gasteiger partial charge in [-0.2, -0.15) is 0 Å². The first-order valence-corrected chi connectivity index (χ1v) is 7.16. The molecule has 1 saturated heterocycles. The van der Waals surface area contributed by atoms with Crippen LogP contribution in [0.25, 0.3) is 0 Å². The number of nitrogens with zero attached hydrogens (tertiary/aromatic N) is 1. The molecule has 1 aromatic carbocycles. The highest BCUT2D eigenvalue weighted by Gasteiger charge is 2.34. The van der Waals surface area contributed by atoms with Gasteiger partial charge < -0.3 is 10.0 Å². The normalized spacial score (nSPS) is 18.3. The lowest BCUT2D eigenvalue weighted by molar-refractivity contribution is 0.282. The molecule has 0 aromatic heterocycles. The fraction of sp³-hybridized carbons (Fsp3) is 0.600. The highest BCUT2D eigenvalue weighted by Crippen LogP contribution is 2.39. The Morgan fingerprint density at radius 3 is 2.56 bits per heavy atom. The number of rotatable bonds is 4. The van der Waals surface area contributed by atoms with E-state index < -0.39 is 0 Å². The third-order valence-electron chi connectivity index (χ3n) is 4.51. The number of benzene rings is 1. The molecular weight excluding hydrogens is 246 g/mol. The zero-order chi connectivity index (χ0) is 13.2. The predicted octanol–water partition coefficient (Wildman–Crippen LogP) is 3.85. The van der Waals surface area contributed by atoms with Crippen LogP contribution in [0.2, 0.25) is 5.02 Å². The predicted molar refractivity (Wildman–Crippen MR) is 77.2 cm³/mol. The monoisotopic (exact) mass is 267 g/mol. The van der Waals surface area contributed by atoms with Gasteiger partial charge in [0.2, 0.25) is 0 Å². The van der Waals surface area contributed by atoms with Crippen molar-refractivity contribution in [1.29, 1.82) is 0 Å². The van der Waals surface area contributed by atoms with Crippen LogP contribution in [0.15, 0.2) is 18.2 Å². The second-order valence-electron chi connectivity index (χ2n) is 5.31. The van der Waals surface area contributed by atoms with Gasteiger partial charge in [0.15, 0.2) is 0 Å². The summed E-state index contributed by atoms with van der Waals surface area (Å²) in [5, 5.41) is 9.80. The third kappa shape index (κ3) is 2.50. The minimum Gasteiger partial charge on any atom is -0.392 e. The average Bonchev–Trinajstić information content (AvgIpc) is 2.84. The summed E-state index contributed by atoms with van der Waals surface area (Å²) in [7, 11) is 0. The molecule has 0 bridgehead atoms. The molecule has 1 aliphatic rings. The molecule has 18 heavy (non-hydrogen) atoms. The summed E-state index contributed by atoms with van der Waals surface area (Å²) in [6.07, 6.45) is 3.74. The van der Waals surface area contributed by atoms with Crippen molar-refractivity contribution >= 4 is 17.3 Å². The van der Waals surface area contributed by atoms with Crippen molar-refractivity contribution in [3.05, 3.63) is 28.8 Å². The van der Waals surface area contributed by atoms with Crippen LogP contribution in [0.5, 0.6) is 0 Å². The molecule has 2 rings (SSSR count). The molecule has 1 fully saturated rings. The SMILES string of the molecule is CCC1(CC)CCN(c2ccc(CO)c(Cl)c2)C1. The molecule has 100 valence electrons. The van der Waals surface area contributed by atoms with Crippen LogP contribution in [0.4, 0.5) is 5.69 Å². The second kappa shape index (κ2) is 5.50. The van der Waals surface area contributed by atoms with Gasteiger partial charge in [0, 0.05) is 23.8 Å². The highest BCUT2D eigenvalue weighted by molar-refractivity contribution is 6.31. The van der Waals surface area contributed by atoms with Crippen LogP contribution in [-0.2, 0) is 6.61 Å². The maximum Gasteiger partial charge on any atom is 0.0696 e. The summed E-state index contributed by atoms with van der Waals surface area (Å²) in [6, 6.07) is 5.98. The van der Waals surface area contributed by atoms with E-state index in [0.717, 1.165) is 18.7 Å². The van der Waals surface area contributed by atoms with E-state index in [1.807, 2.05) is 12.1 Å². The van der Waals surface area contributed by atoms with Crippen LogP contribution in [-0.4, -0.2) is 18.2 Å². The number of anilines is 1. The molecular formula is C15H22ClNO. The largest absolute Gasteiger partial charge is 0.392 e. The van der Waals surface area contributed by atoms with Crippen molar-refractivity contribution in [2.24, 2.45) is 5.41 Å². The van der Waals surface area contributed by atoms with Crippen molar-refractivity contribution < 1.29 is 5.11 Å². The van der Waals surface area contributed by atoms with Gasteiger partial charge >= 0.3 is 0 Å². The summed E-state index contributed by atoms with van der Waals surface area (Å²) in [5.74, 6) is 0. The summed E-state index contributed by atoms with van der Waals surface area (Å²) < 4.78 is 0. The Labute approximate surface area is 115 Å². The van der Waals surface area contributed by atoms with Gasteiger partial charge in [-0.15, -0.1) is 0 Å². The minimum absolute atomic E-state index is 0.00692. The van der Waals surface area contributed by atoms with Crippen LogP contribution < -0.4 is 4.90 Å². The maximum atomic E-state index is 9.14. The highest BCUT2D eigenvalue weighted by atomic mass is 35.5. The molecule has 1 aliphatic heterocycles. The number of aliphatic hydroxyl groups excluding tert-OH is 1. The number of hydrogen-bond acceptors (Lipinski definition) is 2. The van der Waals surface area contributed by atoms with E-state index in [4.69, 9.17) is 16.7 Å². The Hall–Kier alpha value is -0.730. The van der Waals surface area contributed by atoms with Gasteiger partial charge in [-0.1, -0.05) is 31.5 Å². The molecule has 2 nitrogen and oxygen atoms in total. The Kier molecular flexibility index (Phi) is 4.18. The average molecular weight is 268 g/mol. The van der Waals surface area contributed by atoms with E-state index >= 15 is 0 Å². The van der Waals surface area contributed by atoms with E-state index in [2.05, 4.69) is 24.8 Å². The molecule has 1 N–H and O–H groups in total. The minimum atomic E-state index is 0.00692. The Morgan fingerprint density at radius 2 is 2.06 bits per heavy atom. The molecule has 0 amide bonds. The maximum absolute atomic E-state index is 9.14. The van der Waals surface area contributed by atoms with Gasteiger partial charge in [-0.3, -0.25) is 0 Å². The molecule has 0 atom stereocenters. The van der Waals surface area contributed by atoms with Gasteiger partial charge in [0.1, 0.15) is 0 Å². The van der Waals surface area contributed by atoms with E-state index in [9.17, 15) is 0 Å². The smallest absolute Gasteiger partial charge is 0.0696 e. The van der Waals surface area contributed by atoms with Crippen molar-refractivity contribution in [3.8, 4) is 0 Å². The van der Waals surface area contributed by atoms with Crippen molar-refractivity contribution in [3.63, 3.8) is 0 Å². The number of hydrogen-bond donors (Lipinski definition) is 1. The molecule has 1 heterocycles. The molecule has 3 heteroatoms. The van der Waals surface area contributed by atoms with Gasteiger partial charge in [-0.25, -0.2) is 0 Å². The van der Waals surface area contributed by atoms with Crippen LogP contribution in [0.1, 0.15) is 38.7 Å². The summed E-state index contributed by atoms with van der Waals surface area (Å²) in [4.78, 5) is 2.42. The lowest BCUT2D eigenvalue weighted by Gasteiger charge is -2.27. The van der Waals surface area contributed by atoms with Gasteiger partial charge in [-0.05, 0) is 42.4 Å². The summed E-state index contributed by atoms with van der Waals surface area (Å²) in [5.41, 5.74) is 2.46. The Balaban J connectivity index is 2.17. The quantitative estimate of drug-likeness (QED) is 0.896. The topological polar surface area (TPSA) is 23.5 Å². The Bertz CT molecular complexity index is 415. The first-order chi connectivity index (χ1) is 8.64. The summed E-state index contributed by atoms with van der Waals surface area (Å²) in [6.45, 7) is 6.81. The lowest BCUT2D eigenvalue weighted by Crippen LogP contribution is -2.26. The fourth-order valence-corrected chi connectivity index (χ4v) is 3.08. The van der Waals surface area contributed by atoms with Crippen molar-refractivity contribution in [1.82, 2.24) is 0 Å². The first-order valence-electron chi connectivity index (χ1n) is 6.78. The lowest BCUT2D eigenvalue weighted by atomic mass is 9.82.